The van der Waals surface area contributed by atoms with E-state index in [1.807, 2.05) is 13.8 Å². The highest BCUT2D eigenvalue weighted by Gasteiger charge is 2.15. The second-order valence-electron chi connectivity index (χ2n) is 4.32. The van der Waals surface area contributed by atoms with Gasteiger partial charge in [-0.15, -0.1) is 0 Å². The molecule has 0 aromatic heterocycles. The first-order valence-electron chi connectivity index (χ1n) is 5.68. The van der Waals surface area contributed by atoms with Crippen LogP contribution in [0.15, 0.2) is 0 Å². The van der Waals surface area contributed by atoms with Crippen LogP contribution in [0.4, 0.5) is 0 Å². The van der Waals surface area contributed by atoms with Gasteiger partial charge in [0.1, 0.15) is 0 Å². The maximum atomic E-state index is 8.78. The van der Waals surface area contributed by atoms with Crippen molar-refractivity contribution in [2.45, 2.75) is 26.7 Å². The lowest BCUT2D eigenvalue weighted by Crippen LogP contribution is -2.14. The van der Waals surface area contributed by atoms with Crippen LogP contribution < -0.4 is 0 Å². The Balaban J connectivity index is 3.14. The largest absolute Gasteiger partial charge is 0.385 e. The predicted octanol–water partition coefficient (Wildman–Crippen LogP) is 2.00. The number of nitriles is 1. The smallest absolute Gasteiger partial charge is 0.0700 e. The molecule has 0 aliphatic rings. The van der Waals surface area contributed by atoms with Crippen LogP contribution in [0.1, 0.15) is 26.7 Å². The zero-order valence-electron chi connectivity index (χ0n) is 10.6. The molecule has 16 heavy (non-hydrogen) atoms. The van der Waals surface area contributed by atoms with Crippen LogP contribution in [0.3, 0.4) is 0 Å². The van der Waals surface area contributed by atoms with Crippen LogP contribution in [0.2, 0.25) is 0 Å². The minimum atomic E-state index is -0.292. The molecule has 94 valence electrons. The van der Waals surface area contributed by atoms with Gasteiger partial charge in [0.25, 0.3) is 0 Å². The normalized spacial score (nSPS) is 11.4. The molecule has 0 heterocycles. The number of methoxy groups -OCH3 is 1. The van der Waals surface area contributed by atoms with Crippen molar-refractivity contribution in [3.63, 3.8) is 0 Å². The van der Waals surface area contributed by atoms with Crippen molar-refractivity contribution in [3.05, 3.63) is 0 Å². The molecular weight excluding hydrogens is 206 g/mol. The van der Waals surface area contributed by atoms with Gasteiger partial charge in [0.05, 0.1) is 24.7 Å². The van der Waals surface area contributed by atoms with Gasteiger partial charge in [-0.1, -0.05) is 0 Å². The molecule has 0 bridgehead atoms. The highest BCUT2D eigenvalue weighted by Crippen LogP contribution is 2.17. The summed E-state index contributed by atoms with van der Waals surface area (Å²) in [7, 11) is 1.68. The topological polar surface area (TPSA) is 51.5 Å². The molecule has 0 radical (unpaired) electrons. The van der Waals surface area contributed by atoms with Crippen molar-refractivity contribution in [1.82, 2.24) is 0 Å². The molecule has 0 N–H and O–H groups in total. The van der Waals surface area contributed by atoms with E-state index in [0.717, 1.165) is 19.4 Å². The summed E-state index contributed by atoms with van der Waals surface area (Å²) in [6.07, 6.45) is 1.67. The van der Waals surface area contributed by atoms with E-state index >= 15 is 0 Å². The van der Waals surface area contributed by atoms with E-state index in [-0.39, 0.29) is 5.41 Å². The Labute approximate surface area is 98.5 Å². The van der Waals surface area contributed by atoms with Crippen molar-refractivity contribution in [3.8, 4) is 6.07 Å². The summed E-state index contributed by atoms with van der Waals surface area (Å²) in [6, 6.07) is 2.24. The van der Waals surface area contributed by atoms with Gasteiger partial charge in [-0.3, -0.25) is 0 Å². The van der Waals surface area contributed by atoms with Crippen LogP contribution in [0.25, 0.3) is 0 Å². The standard InChI is InChI=1S/C12H23NO3/c1-12(2,11-13)5-8-16-10-9-15-7-4-6-14-3/h4-10H2,1-3H3. The van der Waals surface area contributed by atoms with Crippen LogP contribution in [-0.4, -0.2) is 40.1 Å². The SMILES string of the molecule is COCCCOCCOCCC(C)(C)C#N. The second kappa shape index (κ2) is 9.59. The first-order valence-corrected chi connectivity index (χ1v) is 5.68. The fraction of sp³-hybridized carbons (Fsp3) is 0.917. The first kappa shape index (κ1) is 15.4. The van der Waals surface area contributed by atoms with Crippen molar-refractivity contribution in [2.24, 2.45) is 5.41 Å². The summed E-state index contributed by atoms with van der Waals surface area (Å²) in [5, 5.41) is 8.78. The van der Waals surface area contributed by atoms with Crippen molar-refractivity contribution < 1.29 is 14.2 Å². The number of nitrogens with zero attached hydrogens (tertiary/aromatic N) is 1. The Morgan fingerprint density at radius 3 is 2.19 bits per heavy atom. The quantitative estimate of drug-likeness (QED) is 0.538. The van der Waals surface area contributed by atoms with Gasteiger partial charge in [-0.2, -0.15) is 5.26 Å². The third kappa shape index (κ3) is 9.91. The lowest BCUT2D eigenvalue weighted by atomic mass is 9.92. The number of ether oxygens (including phenoxy) is 3. The summed E-state index contributed by atoms with van der Waals surface area (Å²) < 4.78 is 15.6. The molecule has 0 amide bonds. The van der Waals surface area contributed by atoms with Crippen molar-refractivity contribution in [2.75, 3.05) is 40.1 Å². The van der Waals surface area contributed by atoms with Crippen LogP contribution >= 0.6 is 0 Å². The molecule has 0 aromatic carbocycles. The van der Waals surface area contributed by atoms with E-state index in [0.29, 0.717) is 26.4 Å². The van der Waals surface area contributed by atoms with E-state index in [1.54, 1.807) is 7.11 Å². The van der Waals surface area contributed by atoms with Gasteiger partial charge in [0.15, 0.2) is 0 Å². The maximum Gasteiger partial charge on any atom is 0.0700 e. The lowest BCUT2D eigenvalue weighted by Gasteiger charge is -2.14. The number of hydrogen-bond acceptors (Lipinski definition) is 4. The van der Waals surface area contributed by atoms with E-state index in [4.69, 9.17) is 19.5 Å². The Morgan fingerprint density at radius 2 is 1.62 bits per heavy atom. The van der Waals surface area contributed by atoms with Gasteiger partial charge >= 0.3 is 0 Å². The molecule has 0 aromatic rings. The summed E-state index contributed by atoms with van der Waals surface area (Å²) in [4.78, 5) is 0. The second-order valence-corrected chi connectivity index (χ2v) is 4.32. The fourth-order valence-electron chi connectivity index (χ4n) is 1.01. The molecule has 4 heteroatoms. The van der Waals surface area contributed by atoms with Crippen LogP contribution in [0.5, 0.6) is 0 Å². The number of hydrogen-bond donors (Lipinski definition) is 0. The van der Waals surface area contributed by atoms with E-state index < -0.39 is 0 Å². The first-order chi connectivity index (χ1) is 7.62. The molecule has 0 unspecified atom stereocenters. The van der Waals surface area contributed by atoms with E-state index in [9.17, 15) is 0 Å². The lowest BCUT2D eigenvalue weighted by molar-refractivity contribution is 0.0342. The average molecular weight is 229 g/mol. The molecule has 0 saturated carbocycles. The Kier molecular flexibility index (Phi) is 9.21. The maximum absolute atomic E-state index is 8.78. The highest BCUT2D eigenvalue weighted by atomic mass is 16.5. The van der Waals surface area contributed by atoms with Gasteiger partial charge in [-0.25, -0.2) is 0 Å². The van der Waals surface area contributed by atoms with Gasteiger partial charge in [-0.05, 0) is 26.7 Å². The summed E-state index contributed by atoms with van der Waals surface area (Å²) in [5.74, 6) is 0. The summed E-state index contributed by atoms with van der Waals surface area (Å²) >= 11 is 0. The minimum absolute atomic E-state index is 0.292. The molecule has 4 nitrogen and oxygen atoms in total. The Bertz CT molecular complexity index is 199. The van der Waals surface area contributed by atoms with Gasteiger partial charge < -0.3 is 14.2 Å². The third-order valence-corrected chi connectivity index (χ3v) is 2.18. The summed E-state index contributed by atoms with van der Waals surface area (Å²) in [6.45, 7) is 7.08. The van der Waals surface area contributed by atoms with Crippen LogP contribution in [0, 0.1) is 16.7 Å². The third-order valence-electron chi connectivity index (χ3n) is 2.18. The average Bonchev–Trinajstić information content (AvgIpc) is 2.27. The van der Waals surface area contributed by atoms with Crippen molar-refractivity contribution >= 4 is 0 Å². The zero-order chi connectivity index (χ0) is 12.3. The van der Waals surface area contributed by atoms with Crippen molar-refractivity contribution in [1.29, 1.82) is 5.26 Å². The Hall–Kier alpha value is -0.630. The van der Waals surface area contributed by atoms with E-state index in [1.165, 1.54) is 0 Å². The molecule has 0 aliphatic heterocycles. The molecule has 0 aliphatic carbocycles. The van der Waals surface area contributed by atoms with Gasteiger partial charge in [0, 0.05) is 26.9 Å². The molecule has 0 fully saturated rings. The fourth-order valence-corrected chi connectivity index (χ4v) is 1.01. The Morgan fingerprint density at radius 1 is 1.00 bits per heavy atom. The molecule has 0 rings (SSSR count). The van der Waals surface area contributed by atoms with E-state index in [2.05, 4.69) is 6.07 Å². The zero-order valence-corrected chi connectivity index (χ0v) is 10.6. The predicted molar refractivity (Wildman–Crippen MR) is 62.1 cm³/mol. The number of rotatable bonds is 10. The monoisotopic (exact) mass is 229 g/mol. The molecular formula is C12H23NO3. The van der Waals surface area contributed by atoms with Gasteiger partial charge in [0.2, 0.25) is 0 Å². The summed E-state index contributed by atoms with van der Waals surface area (Å²) in [5.41, 5.74) is -0.292. The van der Waals surface area contributed by atoms with Crippen LogP contribution in [-0.2, 0) is 14.2 Å². The minimum Gasteiger partial charge on any atom is -0.385 e. The highest BCUT2D eigenvalue weighted by molar-refractivity contribution is 4.91. The molecule has 0 atom stereocenters. The molecule has 0 saturated heterocycles. The molecule has 0 spiro atoms.